The zero-order valence-corrected chi connectivity index (χ0v) is 19.5. The molecule has 2 aromatic rings. The molecule has 2 aliphatic rings. The van der Waals surface area contributed by atoms with Crippen molar-refractivity contribution < 1.29 is 14.0 Å². The number of carbonyl (C=O) groups is 2. The van der Waals surface area contributed by atoms with E-state index in [1.54, 1.807) is 4.90 Å². The lowest BCUT2D eigenvalue weighted by molar-refractivity contribution is -0.121. The van der Waals surface area contributed by atoms with Gasteiger partial charge in [0.2, 0.25) is 5.91 Å². The molecule has 176 valence electrons. The van der Waals surface area contributed by atoms with E-state index in [9.17, 15) is 14.0 Å². The molecule has 0 atom stereocenters. The lowest BCUT2D eigenvalue weighted by atomic mass is 9.95. The van der Waals surface area contributed by atoms with Crippen LogP contribution in [0.4, 0.5) is 15.8 Å². The Kier molecular flexibility index (Phi) is 7.28. The summed E-state index contributed by atoms with van der Waals surface area (Å²) in [7, 11) is 0. The third kappa shape index (κ3) is 5.53. The van der Waals surface area contributed by atoms with Gasteiger partial charge < -0.3 is 20.0 Å². The summed E-state index contributed by atoms with van der Waals surface area (Å²) >= 11 is 0. The fourth-order valence-electron chi connectivity index (χ4n) is 4.66. The second kappa shape index (κ2) is 10.3. The second-order valence-corrected chi connectivity index (χ2v) is 8.98. The van der Waals surface area contributed by atoms with Crippen LogP contribution in [-0.2, 0) is 4.79 Å². The third-order valence-electron chi connectivity index (χ3n) is 6.90. The van der Waals surface area contributed by atoms with Gasteiger partial charge in [-0.15, -0.1) is 0 Å². The predicted octanol–water partition coefficient (Wildman–Crippen LogP) is 3.77. The minimum atomic E-state index is -0.357. The monoisotopic (exact) mass is 452 g/mol. The Balaban J connectivity index is 1.30. The van der Waals surface area contributed by atoms with Gasteiger partial charge in [0.05, 0.1) is 0 Å². The molecule has 0 radical (unpaired) electrons. The zero-order chi connectivity index (χ0) is 23.4. The SMILES string of the molecule is CCN1CCN(c2ccc(NC(=O)C3CCN(C(=O)c4ccc(F)cc4)CC3)c(C)c2)CC1. The van der Waals surface area contributed by atoms with Crippen molar-refractivity contribution in [2.45, 2.75) is 26.7 Å². The fraction of sp³-hybridized carbons (Fsp3) is 0.462. The lowest BCUT2D eigenvalue weighted by Crippen LogP contribution is -2.46. The van der Waals surface area contributed by atoms with Crippen LogP contribution >= 0.6 is 0 Å². The molecule has 2 amide bonds. The number of piperazine rings is 1. The quantitative estimate of drug-likeness (QED) is 0.751. The molecule has 0 unspecified atom stereocenters. The molecule has 0 bridgehead atoms. The number of amides is 2. The van der Waals surface area contributed by atoms with Crippen molar-refractivity contribution in [2.24, 2.45) is 5.92 Å². The molecule has 2 fully saturated rings. The van der Waals surface area contributed by atoms with Crippen molar-refractivity contribution in [2.75, 3.05) is 56.0 Å². The van der Waals surface area contributed by atoms with E-state index >= 15 is 0 Å². The first-order valence-electron chi connectivity index (χ1n) is 11.9. The summed E-state index contributed by atoms with van der Waals surface area (Å²) in [6, 6.07) is 11.9. The molecular weight excluding hydrogens is 419 g/mol. The van der Waals surface area contributed by atoms with Gasteiger partial charge in [0.15, 0.2) is 0 Å². The molecule has 0 spiro atoms. The minimum absolute atomic E-state index is 0.0105. The maximum Gasteiger partial charge on any atom is 0.253 e. The number of piperidine rings is 1. The van der Waals surface area contributed by atoms with Crippen LogP contribution in [0.2, 0.25) is 0 Å². The zero-order valence-electron chi connectivity index (χ0n) is 19.5. The number of hydrogen-bond acceptors (Lipinski definition) is 4. The van der Waals surface area contributed by atoms with E-state index in [1.165, 1.54) is 30.0 Å². The van der Waals surface area contributed by atoms with E-state index in [2.05, 4.69) is 34.2 Å². The van der Waals surface area contributed by atoms with E-state index in [0.717, 1.165) is 44.0 Å². The van der Waals surface area contributed by atoms with Crippen molar-refractivity contribution in [3.63, 3.8) is 0 Å². The van der Waals surface area contributed by atoms with E-state index in [-0.39, 0.29) is 23.5 Å². The van der Waals surface area contributed by atoms with Crippen LogP contribution in [0.1, 0.15) is 35.7 Å². The van der Waals surface area contributed by atoms with Gasteiger partial charge in [0, 0.05) is 62.1 Å². The predicted molar refractivity (Wildman–Crippen MR) is 129 cm³/mol. The number of likely N-dealkylation sites (tertiary alicyclic amines) is 1. The van der Waals surface area contributed by atoms with Crippen molar-refractivity contribution >= 4 is 23.2 Å². The molecule has 2 saturated heterocycles. The molecule has 2 aliphatic heterocycles. The molecule has 7 heteroatoms. The normalized spacial score (nSPS) is 17.8. The third-order valence-corrected chi connectivity index (χ3v) is 6.90. The highest BCUT2D eigenvalue weighted by Crippen LogP contribution is 2.26. The average Bonchev–Trinajstić information content (AvgIpc) is 2.85. The van der Waals surface area contributed by atoms with Crippen LogP contribution in [0.25, 0.3) is 0 Å². The summed E-state index contributed by atoms with van der Waals surface area (Å²) in [6.07, 6.45) is 1.25. The summed E-state index contributed by atoms with van der Waals surface area (Å²) in [4.78, 5) is 32.1. The lowest BCUT2D eigenvalue weighted by Gasteiger charge is -2.35. The van der Waals surface area contributed by atoms with Crippen LogP contribution in [0.3, 0.4) is 0 Å². The molecule has 0 aromatic heterocycles. The van der Waals surface area contributed by atoms with Crippen molar-refractivity contribution in [3.05, 3.63) is 59.4 Å². The number of benzene rings is 2. The number of anilines is 2. The molecule has 33 heavy (non-hydrogen) atoms. The molecule has 2 aromatic carbocycles. The molecule has 4 rings (SSSR count). The molecular formula is C26H33FN4O2. The number of nitrogens with zero attached hydrogens (tertiary/aromatic N) is 3. The Morgan fingerprint density at radius 2 is 1.64 bits per heavy atom. The summed E-state index contributed by atoms with van der Waals surface area (Å²) in [5.41, 5.74) is 3.59. The number of carbonyl (C=O) groups excluding carboxylic acids is 2. The summed E-state index contributed by atoms with van der Waals surface area (Å²) in [5.74, 6) is -0.579. The van der Waals surface area contributed by atoms with Crippen LogP contribution in [0.15, 0.2) is 42.5 Å². The number of rotatable bonds is 5. The topological polar surface area (TPSA) is 55.9 Å². The van der Waals surface area contributed by atoms with Gasteiger partial charge in [-0.2, -0.15) is 0 Å². The fourth-order valence-corrected chi connectivity index (χ4v) is 4.66. The minimum Gasteiger partial charge on any atom is -0.369 e. The van der Waals surface area contributed by atoms with E-state index in [1.807, 2.05) is 13.0 Å². The highest BCUT2D eigenvalue weighted by Gasteiger charge is 2.28. The highest BCUT2D eigenvalue weighted by atomic mass is 19.1. The Bertz CT molecular complexity index is 978. The van der Waals surface area contributed by atoms with E-state index in [4.69, 9.17) is 0 Å². The van der Waals surface area contributed by atoms with Gasteiger partial charge >= 0.3 is 0 Å². The highest BCUT2D eigenvalue weighted by molar-refractivity contribution is 5.95. The van der Waals surface area contributed by atoms with Crippen LogP contribution in [0.5, 0.6) is 0 Å². The first kappa shape index (κ1) is 23.2. The number of nitrogens with one attached hydrogen (secondary N) is 1. The van der Waals surface area contributed by atoms with Gasteiger partial charge in [-0.05, 0) is 74.3 Å². The van der Waals surface area contributed by atoms with Crippen LogP contribution < -0.4 is 10.2 Å². The number of aryl methyl sites for hydroxylation is 1. The molecule has 1 N–H and O–H groups in total. The summed E-state index contributed by atoms with van der Waals surface area (Å²) in [5, 5.41) is 3.10. The van der Waals surface area contributed by atoms with E-state index < -0.39 is 0 Å². The Labute approximate surface area is 195 Å². The average molecular weight is 453 g/mol. The van der Waals surface area contributed by atoms with Crippen molar-refractivity contribution in [1.82, 2.24) is 9.80 Å². The summed E-state index contributed by atoms with van der Waals surface area (Å²) < 4.78 is 13.1. The van der Waals surface area contributed by atoms with E-state index in [0.29, 0.717) is 31.5 Å². The van der Waals surface area contributed by atoms with Gasteiger partial charge in [-0.3, -0.25) is 9.59 Å². The molecule has 2 heterocycles. The van der Waals surface area contributed by atoms with Gasteiger partial charge in [0.25, 0.3) is 5.91 Å². The van der Waals surface area contributed by atoms with Gasteiger partial charge in [-0.25, -0.2) is 4.39 Å². The molecule has 6 nitrogen and oxygen atoms in total. The Morgan fingerprint density at radius 1 is 0.970 bits per heavy atom. The second-order valence-electron chi connectivity index (χ2n) is 8.98. The Morgan fingerprint density at radius 3 is 2.24 bits per heavy atom. The largest absolute Gasteiger partial charge is 0.369 e. The first-order chi connectivity index (χ1) is 15.9. The van der Waals surface area contributed by atoms with Gasteiger partial charge in [-0.1, -0.05) is 6.92 Å². The first-order valence-corrected chi connectivity index (χ1v) is 11.9. The van der Waals surface area contributed by atoms with Crippen LogP contribution in [0, 0.1) is 18.7 Å². The maximum atomic E-state index is 13.1. The molecule has 0 aliphatic carbocycles. The molecule has 0 saturated carbocycles. The van der Waals surface area contributed by atoms with Gasteiger partial charge in [0.1, 0.15) is 5.82 Å². The number of halogens is 1. The number of hydrogen-bond donors (Lipinski definition) is 1. The maximum absolute atomic E-state index is 13.1. The Hall–Kier alpha value is -2.93. The smallest absolute Gasteiger partial charge is 0.253 e. The van der Waals surface area contributed by atoms with Crippen molar-refractivity contribution in [3.8, 4) is 0 Å². The standard InChI is InChI=1S/C26H33FN4O2/c1-3-29-14-16-30(17-15-29)23-8-9-24(19(2)18-23)28-25(32)20-10-12-31(13-11-20)26(33)21-4-6-22(27)7-5-21/h4-9,18,20H,3,10-17H2,1-2H3,(H,28,32). The summed E-state index contributed by atoms with van der Waals surface area (Å²) in [6.45, 7) is 10.6. The number of likely N-dealkylation sites (N-methyl/N-ethyl adjacent to an activating group) is 1. The van der Waals surface area contributed by atoms with Crippen molar-refractivity contribution in [1.29, 1.82) is 0 Å². The van der Waals surface area contributed by atoms with Crippen LogP contribution in [-0.4, -0.2) is 67.4 Å².